The first-order chi connectivity index (χ1) is 9.67. The summed E-state index contributed by atoms with van der Waals surface area (Å²) in [6.45, 7) is 5.69. The molecule has 0 saturated heterocycles. The lowest BCUT2D eigenvalue weighted by molar-refractivity contribution is 0.469. The summed E-state index contributed by atoms with van der Waals surface area (Å²) in [5, 5.41) is 0. The molecule has 0 heterocycles. The van der Waals surface area contributed by atoms with Gasteiger partial charge in [-0.2, -0.15) is 0 Å². The minimum Gasteiger partial charge on any atom is -0.326 e. The second-order valence-corrected chi connectivity index (χ2v) is 7.27. The smallest absolute Gasteiger partial charge is 0.243 e. The van der Waals surface area contributed by atoms with E-state index in [0.717, 1.165) is 18.6 Å². The van der Waals surface area contributed by atoms with Crippen molar-refractivity contribution < 1.29 is 17.2 Å². The molecule has 0 saturated carbocycles. The third kappa shape index (κ3) is 5.01. The van der Waals surface area contributed by atoms with Gasteiger partial charge in [0.1, 0.15) is 4.90 Å². The standard InChI is InChI=1S/C14H22F2N2O2S/c1-9(2)4-5-10(3)18-21(19,20)13-7-11(8-17)6-12(15)14(13)16/h6-7,9-10,18H,4-5,8,17H2,1-3H3. The van der Waals surface area contributed by atoms with E-state index in [1.165, 1.54) is 0 Å². The number of nitrogens with one attached hydrogen (secondary N) is 1. The average molecular weight is 320 g/mol. The second kappa shape index (κ2) is 7.29. The second-order valence-electron chi connectivity index (χ2n) is 5.59. The van der Waals surface area contributed by atoms with Gasteiger partial charge in [-0.15, -0.1) is 0 Å². The Morgan fingerprint density at radius 1 is 1.19 bits per heavy atom. The molecular weight excluding hydrogens is 298 g/mol. The van der Waals surface area contributed by atoms with Gasteiger partial charge < -0.3 is 5.73 Å². The first kappa shape index (κ1) is 18.0. The molecule has 0 fully saturated rings. The maximum atomic E-state index is 13.7. The zero-order valence-electron chi connectivity index (χ0n) is 12.5. The highest BCUT2D eigenvalue weighted by Gasteiger charge is 2.24. The molecule has 1 unspecified atom stereocenters. The van der Waals surface area contributed by atoms with Crippen molar-refractivity contribution in [3.63, 3.8) is 0 Å². The van der Waals surface area contributed by atoms with Gasteiger partial charge in [-0.25, -0.2) is 21.9 Å². The van der Waals surface area contributed by atoms with Gasteiger partial charge in [-0.1, -0.05) is 13.8 Å². The van der Waals surface area contributed by atoms with Crippen LogP contribution in [0.5, 0.6) is 0 Å². The van der Waals surface area contributed by atoms with E-state index in [4.69, 9.17) is 5.73 Å². The predicted octanol–water partition coefficient (Wildman–Crippen LogP) is 2.53. The summed E-state index contributed by atoms with van der Waals surface area (Å²) >= 11 is 0. The lowest BCUT2D eigenvalue weighted by Gasteiger charge is -2.16. The number of sulfonamides is 1. The highest BCUT2D eigenvalue weighted by atomic mass is 32.2. The Bertz CT molecular complexity index is 589. The van der Waals surface area contributed by atoms with E-state index in [1.807, 2.05) is 13.8 Å². The number of hydrogen-bond donors (Lipinski definition) is 2. The van der Waals surface area contributed by atoms with E-state index in [9.17, 15) is 17.2 Å². The van der Waals surface area contributed by atoms with Crippen LogP contribution in [0.4, 0.5) is 8.78 Å². The lowest BCUT2D eigenvalue weighted by atomic mass is 10.1. The fourth-order valence-electron chi connectivity index (χ4n) is 1.90. The first-order valence-corrected chi connectivity index (χ1v) is 8.36. The van der Waals surface area contributed by atoms with Gasteiger partial charge in [0.25, 0.3) is 0 Å². The monoisotopic (exact) mass is 320 g/mol. The van der Waals surface area contributed by atoms with Crippen LogP contribution in [0.15, 0.2) is 17.0 Å². The molecule has 120 valence electrons. The maximum Gasteiger partial charge on any atom is 0.243 e. The van der Waals surface area contributed by atoms with Gasteiger partial charge in [0.05, 0.1) is 0 Å². The average Bonchev–Trinajstić information content (AvgIpc) is 2.38. The summed E-state index contributed by atoms with van der Waals surface area (Å²) in [7, 11) is -4.11. The van der Waals surface area contributed by atoms with Crippen LogP contribution in [0, 0.1) is 17.6 Å². The number of hydrogen-bond acceptors (Lipinski definition) is 3. The van der Waals surface area contributed by atoms with Crippen LogP contribution in [0.25, 0.3) is 0 Å². The summed E-state index contributed by atoms with van der Waals surface area (Å²) in [5.41, 5.74) is 5.58. The lowest BCUT2D eigenvalue weighted by Crippen LogP contribution is -2.33. The minimum absolute atomic E-state index is 0.0668. The van der Waals surface area contributed by atoms with Crippen molar-refractivity contribution in [1.29, 1.82) is 0 Å². The van der Waals surface area contributed by atoms with Crippen molar-refractivity contribution in [2.24, 2.45) is 11.7 Å². The molecule has 0 aliphatic carbocycles. The summed E-state index contributed by atoms with van der Waals surface area (Å²) in [4.78, 5) is -0.695. The summed E-state index contributed by atoms with van der Waals surface area (Å²) in [5.74, 6) is -2.16. The van der Waals surface area contributed by atoms with Gasteiger partial charge in [-0.05, 0) is 43.4 Å². The molecule has 21 heavy (non-hydrogen) atoms. The van der Waals surface area contributed by atoms with Crippen LogP contribution < -0.4 is 10.5 Å². The topological polar surface area (TPSA) is 72.2 Å². The highest BCUT2D eigenvalue weighted by molar-refractivity contribution is 7.89. The normalized spacial score (nSPS) is 13.7. The maximum absolute atomic E-state index is 13.7. The third-order valence-corrected chi connectivity index (χ3v) is 4.70. The van der Waals surface area contributed by atoms with E-state index < -0.39 is 26.6 Å². The van der Waals surface area contributed by atoms with Gasteiger partial charge in [-0.3, -0.25) is 0 Å². The molecule has 4 nitrogen and oxygen atoms in total. The largest absolute Gasteiger partial charge is 0.326 e. The van der Waals surface area contributed by atoms with E-state index in [0.29, 0.717) is 12.3 Å². The molecule has 0 bridgehead atoms. The van der Waals surface area contributed by atoms with Crippen molar-refractivity contribution in [2.45, 2.75) is 51.1 Å². The summed E-state index contributed by atoms with van der Waals surface area (Å²) in [6, 6.07) is 1.60. The van der Waals surface area contributed by atoms with Crippen LogP contribution in [0.1, 0.15) is 39.2 Å². The van der Waals surface area contributed by atoms with Gasteiger partial charge in [0.2, 0.25) is 10.0 Å². The van der Waals surface area contributed by atoms with Crippen LogP contribution in [-0.4, -0.2) is 14.5 Å². The minimum atomic E-state index is -4.11. The Balaban J connectivity index is 3.00. The van der Waals surface area contributed by atoms with Crippen molar-refractivity contribution in [3.05, 3.63) is 29.3 Å². The molecular formula is C14H22F2N2O2S. The molecule has 1 rings (SSSR count). The Morgan fingerprint density at radius 2 is 1.81 bits per heavy atom. The summed E-state index contributed by atoms with van der Waals surface area (Å²) in [6.07, 6.45) is 1.46. The fourth-order valence-corrected chi connectivity index (χ4v) is 3.32. The first-order valence-electron chi connectivity index (χ1n) is 6.87. The van der Waals surface area contributed by atoms with Gasteiger partial charge >= 0.3 is 0 Å². The molecule has 0 aliphatic heterocycles. The number of nitrogens with two attached hydrogens (primary N) is 1. The third-order valence-electron chi connectivity index (χ3n) is 3.11. The number of rotatable bonds is 7. The molecule has 0 aromatic heterocycles. The molecule has 3 N–H and O–H groups in total. The van der Waals surface area contributed by atoms with E-state index >= 15 is 0 Å². The Kier molecular flexibility index (Phi) is 6.24. The quantitative estimate of drug-likeness (QED) is 0.811. The van der Waals surface area contributed by atoms with E-state index in [1.54, 1.807) is 6.92 Å². The SMILES string of the molecule is CC(C)CCC(C)NS(=O)(=O)c1cc(CN)cc(F)c1F. The highest BCUT2D eigenvalue weighted by Crippen LogP contribution is 2.20. The molecule has 0 amide bonds. The molecule has 1 atom stereocenters. The van der Waals surface area contributed by atoms with E-state index in [-0.39, 0.29) is 18.2 Å². The summed E-state index contributed by atoms with van der Waals surface area (Å²) < 4.78 is 53.9. The molecule has 0 aliphatic rings. The number of benzene rings is 1. The molecule has 0 spiro atoms. The van der Waals surface area contributed by atoms with Crippen molar-refractivity contribution in [2.75, 3.05) is 0 Å². The Labute approximate surface area is 124 Å². The Hall–Kier alpha value is -1.05. The zero-order valence-corrected chi connectivity index (χ0v) is 13.3. The van der Waals surface area contributed by atoms with Crippen LogP contribution in [-0.2, 0) is 16.6 Å². The Morgan fingerprint density at radius 3 is 2.33 bits per heavy atom. The van der Waals surface area contributed by atoms with Crippen molar-refractivity contribution >= 4 is 10.0 Å². The molecule has 1 aromatic carbocycles. The number of halogens is 2. The van der Waals surface area contributed by atoms with Gasteiger partial charge in [0, 0.05) is 12.6 Å². The fraction of sp³-hybridized carbons (Fsp3) is 0.571. The predicted molar refractivity (Wildman–Crippen MR) is 78.1 cm³/mol. The molecule has 1 aromatic rings. The molecule has 0 radical (unpaired) electrons. The van der Waals surface area contributed by atoms with Crippen molar-refractivity contribution in [1.82, 2.24) is 4.72 Å². The van der Waals surface area contributed by atoms with Crippen molar-refractivity contribution in [3.8, 4) is 0 Å². The van der Waals surface area contributed by atoms with Crippen LogP contribution in [0.3, 0.4) is 0 Å². The zero-order chi connectivity index (χ0) is 16.2. The van der Waals surface area contributed by atoms with Crippen LogP contribution in [0.2, 0.25) is 0 Å². The van der Waals surface area contributed by atoms with E-state index in [2.05, 4.69) is 4.72 Å². The van der Waals surface area contributed by atoms with Gasteiger partial charge in [0.15, 0.2) is 11.6 Å². The van der Waals surface area contributed by atoms with Crippen LogP contribution >= 0.6 is 0 Å². The molecule has 7 heteroatoms.